The minimum atomic E-state index is -3.46. The first-order valence-electron chi connectivity index (χ1n) is 5.61. The normalized spacial score (nSPS) is 13.9. The van der Waals surface area contributed by atoms with E-state index in [0.717, 1.165) is 12.8 Å². The third-order valence-electron chi connectivity index (χ3n) is 2.46. The molecule has 1 rings (SSSR count). The first-order chi connectivity index (χ1) is 7.84. The van der Waals surface area contributed by atoms with Gasteiger partial charge in [-0.25, -0.2) is 13.1 Å². The molecule has 0 aliphatic carbocycles. The molecule has 0 aromatic carbocycles. The van der Waals surface area contributed by atoms with Gasteiger partial charge >= 0.3 is 0 Å². The average molecular weight is 260 g/mol. The Morgan fingerprint density at radius 1 is 1.47 bits per heavy atom. The second-order valence-electron chi connectivity index (χ2n) is 4.28. The number of aromatic amines is 1. The van der Waals surface area contributed by atoms with Crippen LogP contribution in [0.4, 0.5) is 0 Å². The van der Waals surface area contributed by atoms with Crippen molar-refractivity contribution < 1.29 is 8.42 Å². The Morgan fingerprint density at radius 3 is 2.59 bits per heavy atom. The van der Waals surface area contributed by atoms with Crippen molar-refractivity contribution in [3.63, 3.8) is 0 Å². The van der Waals surface area contributed by atoms with Gasteiger partial charge < -0.3 is 5.73 Å². The predicted octanol–water partition coefficient (Wildman–Crippen LogP) is 0.432. The van der Waals surface area contributed by atoms with Crippen molar-refractivity contribution in [2.24, 2.45) is 5.73 Å². The lowest BCUT2D eigenvalue weighted by atomic mass is 10.2. The number of sulfonamides is 1. The van der Waals surface area contributed by atoms with Gasteiger partial charge in [0.05, 0.1) is 11.4 Å². The summed E-state index contributed by atoms with van der Waals surface area (Å²) in [4.78, 5) is 0.248. The van der Waals surface area contributed by atoms with Crippen molar-refractivity contribution in [1.29, 1.82) is 0 Å². The van der Waals surface area contributed by atoms with Gasteiger partial charge in [0, 0.05) is 12.6 Å². The number of aryl methyl sites for hydroxylation is 2. The molecule has 4 N–H and O–H groups in total. The van der Waals surface area contributed by atoms with Crippen LogP contribution in [0.25, 0.3) is 0 Å². The summed E-state index contributed by atoms with van der Waals surface area (Å²) in [5, 5.41) is 6.54. The Hall–Kier alpha value is -0.920. The summed E-state index contributed by atoms with van der Waals surface area (Å²) >= 11 is 0. The molecule has 0 saturated heterocycles. The average Bonchev–Trinajstić information content (AvgIpc) is 2.53. The molecule has 6 nitrogen and oxygen atoms in total. The maximum atomic E-state index is 12.0. The van der Waals surface area contributed by atoms with Gasteiger partial charge in [-0.3, -0.25) is 5.10 Å². The van der Waals surface area contributed by atoms with E-state index in [1.54, 1.807) is 13.8 Å². The molecule has 1 heterocycles. The van der Waals surface area contributed by atoms with Crippen LogP contribution >= 0.6 is 0 Å². The van der Waals surface area contributed by atoms with E-state index in [9.17, 15) is 8.42 Å². The number of nitrogens with zero attached hydrogens (tertiary/aromatic N) is 1. The molecule has 0 amide bonds. The van der Waals surface area contributed by atoms with E-state index >= 15 is 0 Å². The third kappa shape index (κ3) is 3.79. The van der Waals surface area contributed by atoms with Gasteiger partial charge in [0.2, 0.25) is 10.0 Å². The van der Waals surface area contributed by atoms with Crippen molar-refractivity contribution >= 4 is 10.0 Å². The topological polar surface area (TPSA) is 101 Å². The van der Waals surface area contributed by atoms with Gasteiger partial charge in [-0.15, -0.1) is 0 Å². The van der Waals surface area contributed by atoms with Crippen LogP contribution in [0.15, 0.2) is 4.90 Å². The standard InChI is InChI=1S/C10H20N4O2S/c1-7(11)5-4-6-12-17(15,16)10-8(2)13-14-9(10)3/h7,12H,4-6,11H2,1-3H3,(H,13,14). The van der Waals surface area contributed by atoms with Crippen LogP contribution in [0.5, 0.6) is 0 Å². The number of nitrogens with one attached hydrogen (secondary N) is 2. The third-order valence-corrected chi connectivity index (χ3v) is 4.18. The number of aromatic nitrogens is 2. The molecule has 0 spiro atoms. The van der Waals surface area contributed by atoms with Crippen molar-refractivity contribution in [3.05, 3.63) is 11.4 Å². The predicted molar refractivity (Wildman–Crippen MR) is 66.1 cm³/mol. The Labute approximate surface area is 102 Å². The zero-order valence-electron chi connectivity index (χ0n) is 10.4. The van der Waals surface area contributed by atoms with Crippen LogP contribution in [0.3, 0.4) is 0 Å². The minimum absolute atomic E-state index is 0.0944. The van der Waals surface area contributed by atoms with Gasteiger partial charge in [-0.2, -0.15) is 5.10 Å². The second-order valence-corrected chi connectivity index (χ2v) is 5.98. The molecule has 98 valence electrons. The van der Waals surface area contributed by atoms with E-state index in [0.29, 0.717) is 17.9 Å². The lowest BCUT2D eigenvalue weighted by Crippen LogP contribution is -2.27. The Kier molecular flexibility index (Phi) is 4.67. The lowest BCUT2D eigenvalue weighted by Gasteiger charge is -2.08. The van der Waals surface area contributed by atoms with Crippen LogP contribution in [0, 0.1) is 13.8 Å². The number of hydrogen-bond acceptors (Lipinski definition) is 4. The van der Waals surface area contributed by atoms with E-state index in [1.807, 2.05) is 6.92 Å². The fourth-order valence-corrected chi connectivity index (χ4v) is 3.08. The molecular weight excluding hydrogens is 240 g/mol. The highest BCUT2D eigenvalue weighted by Crippen LogP contribution is 2.15. The first kappa shape index (κ1) is 14.1. The molecule has 0 aliphatic heterocycles. The molecule has 7 heteroatoms. The smallest absolute Gasteiger partial charge is 0.244 e. The van der Waals surface area contributed by atoms with E-state index in [4.69, 9.17) is 5.73 Å². The lowest BCUT2D eigenvalue weighted by molar-refractivity contribution is 0.567. The fraction of sp³-hybridized carbons (Fsp3) is 0.700. The van der Waals surface area contributed by atoms with E-state index in [-0.39, 0.29) is 10.9 Å². The Bertz CT molecular complexity index is 445. The molecule has 1 aromatic heterocycles. The molecule has 17 heavy (non-hydrogen) atoms. The Morgan fingerprint density at radius 2 is 2.12 bits per heavy atom. The van der Waals surface area contributed by atoms with Crippen molar-refractivity contribution in [2.75, 3.05) is 6.54 Å². The van der Waals surface area contributed by atoms with Gasteiger partial charge in [0.1, 0.15) is 4.90 Å². The molecule has 0 bridgehead atoms. The molecule has 0 aliphatic rings. The minimum Gasteiger partial charge on any atom is -0.328 e. The maximum Gasteiger partial charge on any atom is 0.244 e. The molecule has 1 unspecified atom stereocenters. The summed E-state index contributed by atoms with van der Waals surface area (Å²) in [6.45, 7) is 5.66. The molecule has 1 aromatic rings. The highest BCUT2D eigenvalue weighted by Gasteiger charge is 2.21. The van der Waals surface area contributed by atoms with Gasteiger partial charge in [0.15, 0.2) is 0 Å². The van der Waals surface area contributed by atoms with Crippen LogP contribution < -0.4 is 10.5 Å². The number of nitrogens with two attached hydrogens (primary N) is 1. The highest BCUT2D eigenvalue weighted by molar-refractivity contribution is 7.89. The summed E-state index contributed by atoms with van der Waals surface area (Å²) in [5.41, 5.74) is 6.64. The quantitative estimate of drug-likeness (QED) is 0.646. The summed E-state index contributed by atoms with van der Waals surface area (Å²) in [5.74, 6) is 0. The number of rotatable bonds is 6. The van der Waals surface area contributed by atoms with Crippen LogP contribution in [-0.4, -0.2) is 31.2 Å². The van der Waals surface area contributed by atoms with Crippen LogP contribution in [0.2, 0.25) is 0 Å². The maximum absolute atomic E-state index is 12.0. The molecule has 0 radical (unpaired) electrons. The summed E-state index contributed by atoms with van der Waals surface area (Å²) in [6.07, 6.45) is 1.53. The summed E-state index contributed by atoms with van der Waals surface area (Å²) < 4.78 is 26.5. The zero-order chi connectivity index (χ0) is 13.1. The summed E-state index contributed by atoms with van der Waals surface area (Å²) in [6, 6.07) is 0.0944. The van der Waals surface area contributed by atoms with Gasteiger partial charge in [-0.05, 0) is 33.6 Å². The second kappa shape index (κ2) is 5.61. The molecule has 0 fully saturated rings. The van der Waals surface area contributed by atoms with Crippen molar-refractivity contribution in [2.45, 2.75) is 44.6 Å². The fourth-order valence-electron chi connectivity index (χ4n) is 1.64. The monoisotopic (exact) mass is 260 g/mol. The Balaban J connectivity index is 2.64. The zero-order valence-corrected chi connectivity index (χ0v) is 11.3. The summed E-state index contributed by atoms with van der Waals surface area (Å²) in [7, 11) is -3.46. The largest absolute Gasteiger partial charge is 0.328 e. The van der Waals surface area contributed by atoms with Gasteiger partial charge in [0.25, 0.3) is 0 Å². The van der Waals surface area contributed by atoms with Crippen LogP contribution in [0.1, 0.15) is 31.2 Å². The van der Waals surface area contributed by atoms with E-state index < -0.39 is 10.0 Å². The van der Waals surface area contributed by atoms with E-state index in [2.05, 4.69) is 14.9 Å². The highest BCUT2D eigenvalue weighted by atomic mass is 32.2. The molecule has 1 atom stereocenters. The number of H-pyrrole nitrogens is 1. The van der Waals surface area contributed by atoms with Crippen molar-refractivity contribution in [1.82, 2.24) is 14.9 Å². The van der Waals surface area contributed by atoms with Crippen LogP contribution in [-0.2, 0) is 10.0 Å². The van der Waals surface area contributed by atoms with Gasteiger partial charge in [-0.1, -0.05) is 0 Å². The molecular formula is C10H20N4O2S. The molecule has 0 saturated carbocycles. The SMILES string of the molecule is Cc1n[nH]c(C)c1S(=O)(=O)NCCCC(C)N. The number of hydrogen-bond donors (Lipinski definition) is 3. The van der Waals surface area contributed by atoms with Crippen molar-refractivity contribution in [3.8, 4) is 0 Å². The van der Waals surface area contributed by atoms with E-state index in [1.165, 1.54) is 0 Å². The first-order valence-corrected chi connectivity index (χ1v) is 7.09.